The van der Waals surface area contributed by atoms with E-state index in [-0.39, 0.29) is 18.4 Å². The molecule has 2 N–H and O–H groups in total. The van der Waals surface area contributed by atoms with Crippen LogP contribution < -0.4 is 15.4 Å². The summed E-state index contributed by atoms with van der Waals surface area (Å²) in [5.41, 5.74) is 1.37. The van der Waals surface area contributed by atoms with Gasteiger partial charge in [0.15, 0.2) is 6.61 Å². The molecule has 0 heterocycles. The number of hydrogen-bond donors (Lipinski definition) is 2. The fraction of sp³-hybridized carbons (Fsp3) is 0.176. The van der Waals surface area contributed by atoms with Crippen molar-refractivity contribution in [3.05, 3.63) is 54.6 Å². The molecule has 114 valence electrons. The van der Waals surface area contributed by atoms with Crippen LogP contribution >= 0.6 is 0 Å². The average molecular weight is 298 g/mol. The van der Waals surface area contributed by atoms with Crippen molar-refractivity contribution >= 4 is 23.2 Å². The summed E-state index contributed by atoms with van der Waals surface area (Å²) in [4.78, 5) is 23.1. The van der Waals surface area contributed by atoms with E-state index < -0.39 is 0 Å². The fourth-order valence-corrected chi connectivity index (χ4v) is 1.78. The van der Waals surface area contributed by atoms with E-state index in [9.17, 15) is 9.59 Å². The Morgan fingerprint density at radius 2 is 1.59 bits per heavy atom. The molecule has 0 saturated heterocycles. The van der Waals surface area contributed by atoms with Crippen molar-refractivity contribution < 1.29 is 14.3 Å². The Kier molecular flexibility index (Phi) is 5.54. The topological polar surface area (TPSA) is 67.4 Å². The van der Waals surface area contributed by atoms with Crippen LogP contribution in [0.3, 0.4) is 0 Å². The molecule has 0 fully saturated rings. The molecular weight excluding hydrogens is 280 g/mol. The summed E-state index contributed by atoms with van der Waals surface area (Å²) in [6, 6.07) is 16.1. The first-order valence-electron chi connectivity index (χ1n) is 7.05. The zero-order valence-corrected chi connectivity index (χ0v) is 12.3. The SMILES string of the molecule is CCC(=O)Nc1cccc(OCC(=O)Nc2ccccc2)c1. The Balaban J connectivity index is 1.87. The van der Waals surface area contributed by atoms with Crippen molar-refractivity contribution in [3.63, 3.8) is 0 Å². The second kappa shape index (κ2) is 7.83. The zero-order valence-electron chi connectivity index (χ0n) is 12.3. The molecule has 2 amide bonds. The van der Waals surface area contributed by atoms with Crippen LogP contribution in [0.15, 0.2) is 54.6 Å². The number of anilines is 2. The molecule has 0 aliphatic heterocycles. The summed E-state index contributed by atoms with van der Waals surface area (Å²) in [6.45, 7) is 1.68. The quantitative estimate of drug-likeness (QED) is 0.861. The molecule has 2 rings (SSSR count). The molecule has 2 aromatic carbocycles. The number of ether oxygens (including phenoxy) is 1. The van der Waals surface area contributed by atoms with E-state index in [1.807, 2.05) is 18.2 Å². The van der Waals surface area contributed by atoms with Crippen molar-refractivity contribution in [1.29, 1.82) is 0 Å². The van der Waals surface area contributed by atoms with Crippen LogP contribution in [-0.4, -0.2) is 18.4 Å². The normalized spacial score (nSPS) is 9.86. The van der Waals surface area contributed by atoms with Crippen LogP contribution in [0.1, 0.15) is 13.3 Å². The summed E-state index contributed by atoms with van der Waals surface area (Å²) in [6.07, 6.45) is 0.407. The predicted molar refractivity (Wildman–Crippen MR) is 85.9 cm³/mol. The van der Waals surface area contributed by atoms with Gasteiger partial charge >= 0.3 is 0 Å². The molecule has 22 heavy (non-hydrogen) atoms. The van der Waals surface area contributed by atoms with E-state index in [0.29, 0.717) is 17.9 Å². The van der Waals surface area contributed by atoms with Gasteiger partial charge in [-0.15, -0.1) is 0 Å². The lowest BCUT2D eigenvalue weighted by atomic mass is 10.3. The Morgan fingerprint density at radius 3 is 2.32 bits per heavy atom. The summed E-state index contributed by atoms with van der Waals surface area (Å²) < 4.78 is 5.43. The standard InChI is InChI=1S/C17H18N2O3/c1-2-16(20)19-14-9-6-10-15(11-14)22-12-17(21)18-13-7-4-3-5-8-13/h3-11H,2,12H2,1H3,(H,18,21)(H,19,20). The molecule has 0 aliphatic carbocycles. The van der Waals surface area contributed by atoms with Gasteiger partial charge in [0.25, 0.3) is 5.91 Å². The van der Waals surface area contributed by atoms with Crippen molar-refractivity contribution in [2.75, 3.05) is 17.2 Å². The van der Waals surface area contributed by atoms with Crippen LogP contribution in [0.2, 0.25) is 0 Å². The first-order chi connectivity index (χ1) is 10.7. The number of hydrogen-bond acceptors (Lipinski definition) is 3. The highest BCUT2D eigenvalue weighted by Gasteiger charge is 2.05. The van der Waals surface area contributed by atoms with E-state index >= 15 is 0 Å². The van der Waals surface area contributed by atoms with Gasteiger partial charge in [-0.1, -0.05) is 31.2 Å². The van der Waals surface area contributed by atoms with Gasteiger partial charge in [-0.3, -0.25) is 9.59 Å². The molecule has 0 aliphatic rings. The van der Waals surface area contributed by atoms with E-state index in [1.165, 1.54) is 0 Å². The number of nitrogens with one attached hydrogen (secondary N) is 2. The van der Waals surface area contributed by atoms with Gasteiger partial charge in [0.2, 0.25) is 5.91 Å². The summed E-state index contributed by atoms with van der Waals surface area (Å²) in [7, 11) is 0. The van der Waals surface area contributed by atoms with Gasteiger partial charge in [0.05, 0.1) is 0 Å². The monoisotopic (exact) mass is 298 g/mol. The first-order valence-corrected chi connectivity index (χ1v) is 7.05. The first kappa shape index (κ1) is 15.6. The lowest BCUT2D eigenvalue weighted by molar-refractivity contribution is -0.118. The Morgan fingerprint density at radius 1 is 0.909 bits per heavy atom. The van der Waals surface area contributed by atoms with E-state index in [0.717, 1.165) is 5.69 Å². The molecule has 0 saturated carbocycles. The van der Waals surface area contributed by atoms with Crippen molar-refractivity contribution in [2.45, 2.75) is 13.3 Å². The molecular formula is C17H18N2O3. The number of para-hydroxylation sites is 1. The maximum absolute atomic E-state index is 11.8. The Bertz CT molecular complexity index is 641. The van der Waals surface area contributed by atoms with Crippen LogP contribution in [0.25, 0.3) is 0 Å². The van der Waals surface area contributed by atoms with Crippen LogP contribution in [0, 0.1) is 0 Å². The molecule has 0 spiro atoms. The van der Waals surface area contributed by atoms with Crippen molar-refractivity contribution in [1.82, 2.24) is 0 Å². The molecule has 2 aromatic rings. The molecule has 0 unspecified atom stereocenters. The summed E-state index contributed by atoms with van der Waals surface area (Å²) in [5, 5.41) is 5.47. The third-order valence-electron chi connectivity index (χ3n) is 2.87. The molecule has 5 nitrogen and oxygen atoms in total. The van der Waals surface area contributed by atoms with Gasteiger partial charge in [-0.25, -0.2) is 0 Å². The van der Waals surface area contributed by atoms with Crippen LogP contribution in [-0.2, 0) is 9.59 Å². The molecule has 0 bridgehead atoms. The Labute approximate surface area is 129 Å². The van der Waals surface area contributed by atoms with Crippen LogP contribution in [0.5, 0.6) is 5.75 Å². The molecule has 0 aromatic heterocycles. The minimum absolute atomic E-state index is 0.0704. The smallest absolute Gasteiger partial charge is 0.262 e. The third-order valence-corrected chi connectivity index (χ3v) is 2.87. The second-order valence-electron chi connectivity index (χ2n) is 4.63. The van der Waals surface area contributed by atoms with Crippen molar-refractivity contribution in [3.8, 4) is 5.75 Å². The van der Waals surface area contributed by atoms with Gasteiger partial charge in [0.1, 0.15) is 5.75 Å². The van der Waals surface area contributed by atoms with E-state index in [4.69, 9.17) is 4.74 Å². The minimum Gasteiger partial charge on any atom is -0.484 e. The largest absolute Gasteiger partial charge is 0.484 e. The summed E-state index contributed by atoms with van der Waals surface area (Å²) >= 11 is 0. The van der Waals surface area contributed by atoms with E-state index in [2.05, 4.69) is 10.6 Å². The maximum Gasteiger partial charge on any atom is 0.262 e. The number of rotatable bonds is 6. The Hall–Kier alpha value is -2.82. The highest BCUT2D eigenvalue weighted by molar-refractivity contribution is 5.92. The fourth-order valence-electron chi connectivity index (χ4n) is 1.78. The van der Waals surface area contributed by atoms with Gasteiger partial charge < -0.3 is 15.4 Å². The lowest BCUT2D eigenvalue weighted by Gasteiger charge is -2.09. The molecule has 0 atom stereocenters. The van der Waals surface area contributed by atoms with Crippen LogP contribution in [0.4, 0.5) is 11.4 Å². The number of amides is 2. The second-order valence-corrected chi connectivity index (χ2v) is 4.63. The number of carbonyl (C=O) groups excluding carboxylic acids is 2. The lowest BCUT2D eigenvalue weighted by Crippen LogP contribution is -2.20. The molecule has 5 heteroatoms. The highest BCUT2D eigenvalue weighted by Crippen LogP contribution is 2.17. The zero-order chi connectivity index (χ0) is 15.8. The van der Waals surface area contributed by atoms with Crippen molar-refractivity contribution in [2.24, 2.45) is 0 Å². The van der Waals surface area contributed by atoms with Gasteiger partial charge in [0, 0.05) is 23.9 Å². The van der Waals surface area contributed by atoms with E-state index in [1.54, 1.807) is 43.3 Å². The third kappa shape index (κ3) is 4.94. The summed E-state index contributed by atoms with van der Waals surface area (Å²) in [5.74, 6) is 0.213. The minimum atomic E-state index is -0.241. The maximum atomic E-state index is 11.8. The molecule has 0 radical (unpaired) electrons. The number of carbonyl (C=O) groups is 2. The average Bonchev–Trinajstić information content (AvgIpc) is 2.54. The highest BCUT2D eigenvalue weighted by atomic mass is 16.5. The van der Waals surface area contributed by atoms with Gasteiger partial charge in [-0.2, -0.15) is 0 Å². The number of benzene rings is 2. The van der Waals surface area contributed by atoms with Gasteiger partial charge in [-0.05, 0) is 24.3 Å². The predicted octanol–water partition coefficient (Wildman–Crippen LogP) is 3.05.